The van der Waals surface area contributed by atoms with Gasteiger partial charge in [-0.25, -0.2) is 0 Å². The molecular weight excluding hydrogens is 303 g/mol. The van der Waals surface area contributed by atoms with Crippen molar-refractivity contribution >= 4 is 10.2 Å². The van der Waals surface area contributed by atoms with E-state index < -0.39 is 20.9 Å². The topological polar surface area (TPSA) is 29.5 Å². The van der Waals surface area contributed by atoms with Gasteiger partial charge in [0.05, 0.1) is 0 Å². The van der Waals surface area contributed by atoms with Crippen LogP contribution in [-0.2, 0) is 0 Å². The molecule has 0 aromatic heterocycles. The number of hydrogen-bond donors (Lipinski definition) is 1. The lowest BCUT2D eigenvalue weighted by molar-refractivity contribution is 0.354. The molecular formula is C12H9F5O2S. The van der Waals surface area contributed by atoms with E-state index in [0.29, 0.717) is 0 Å². The van der Waals surface area contributed by atoms with Crippen LogP contribution < -0.4 is 4.74 Å². The molecule has 0 aliphatic rings. The van der Waals surface area contributed by atoms with E-state index in [9.17, 15) is 19.4 Å². The van der Waals surface area contributed by atoms with Gasteiger partial charge in [-0.05, 0) is 36.4 Å². The Morgan fingerprint density at radius 2 is 1.35 bits per heavy atom. The molecule has 0 saturated heterocycles. The highest BCUT2D eigenvalue weighted by molar-refractivity contribution is 8.45. The van der Waals surface area contributed by atoms with Crippen LogP contribution >= 0.6 is 10.2 Å². The maximum Gasteiger partial charge on any atom is 0.313 e. The summed E-state index contributed by atoms with van der Waals surface area (Å²) in [7, 11) is -9.83. The molecule has 0 saturated carbocycles. The monoisotopic (exact) mass is 312 g/mol. The smallest absolute Gasteiger partial charge is 0.313 e. The third kappa shape index (κ3) is 3.32. The fourth-order valence-corrected chi connectivity index (χ4v) is 2.32. The number of benzene rings is 2. The van der Waals surface area contributed by atoms with Gasteiger partial charge in [-0.2, -0.15) is 0 Å². The van der Waals surface area contributed by atoms with E-state index in [1.807, 2.05) is 0 Å². The number of para-hydroxylation sites is 1. The van der Waals surface area contributed by atoms with E-state index in [1.54, 1.807) is 0 Å². The van der Waals surface area contributed by atoms with Crippen LogP contribution in [0.25, 0.3) is 0 Å². The van der Waals surface area contributed by atoms with Crippen molar-refractivity contribution in [2.75, 3.05) is 0 Å². The molecule has 0 aliphatic carbocycles. The number of rotatable bonds is 3. The summed E-state index contributed by atoms with van der Waals surface area (Å²) in [5.74, 6) is -1.21. The number of hydrogen-bond acceptors (Lipinski definition) is 2. The lowest BCUT2D eigenvalue weighted by Crippen LogP contribution is -2.07. The zero-order valence-corrected chi connectivity index (χ0v) is 10.6. The summed E-state index contributed by atoms with van der Waals surface area (Å²) in [5, 5.41) is 9.04. The third-order valence-electron chi connectivity index (χ3n) is 2.33. The van der Waals surface area contributed by atoms with Crippen molar-refractivity contribution in [1.82, 2.24) is 0 Å². The molecule has 0 unspecified atom stereocenters. The summed E-state index contributed by atoms with van der Waals surface area (Å²) in [5.41, 5.74) is 0. The van der Waals surface area contributed by atoms with Gasteiger partial charge in [0.1, 0.15) is 22.1 Å². The summed E-state index contributed by atoms with van der Waals surface area (Å²) in [6.07, 6.45) is 0. The average molecular weight is 312 g/mol. The SMILES string of the molecule is Oc1ccc(Oc2ccccc2S(F)(F)(F)(F)F)cc1. The quantitative estimate of drug-likeness (QED) is 0.721. The molecule has 2 nitrogen and oxygen atoms in total. The number of ether oxygens (including phenoxy) is 1. The van der Waals surface area contributed by atoms with Crippen LogP contribution in [0.1, 0.15) is 0 Å². The van der Waals surface area contributed by atoms with Crippen molar-refractivity contribution in [3.63, 3.8) is 0 Å². The molecule has 110 valence electrons. The lowest BCUT2D eigenvalue weighted by Gasteiger charge is -2.41. The normalized spacial score (nSPS) is 15.2. The van der Waals surface area contributed by atoms with E-state index in [1.165, 1.54) is 0 Å². The van der Waals surface area contributed by atoms with Crippen LogP contribution in [0, 0.1) is 0 Å². The molecule has 0 aliphatic heterocycles. The van der Waals surface area contributed by atoms with Gasteiger partial charge in [-0.3, -0.25) is 0 Å². The average Bonchev–Trinajstić information content (AvgIpc) is 2.30. The minimum atomic E-state index is -9.83. The van der Waals surface area contributed by atoms with Crippen LogP contribution in [-0.4, -0.2) is 5.11 Å². The predicted molar refractivity (Wildman–Crippen MR) is 66.0 cm³/mol. The van der Waals surface area contributed by atoms with Gasteiger partial charge >= 0.3 is 10.2 Å². The van der Waals surface area contributed by atoms with Gasteiger partial charge in [0, 0.05) is 0 Å². The molecule has 8 heteroatoms. The first kappa shape index (κ1) is 14.4. The molecule has 2 rings (SSSR count). The molecule has 0 atom stereocenters. The Labute approximate surface area is 111 Å². The molecule has 1 N–H and O–H groups in total. The Kier molecular flexibility index (Phi) is 2.73. The summed E-state index contributed by atoms with van der Waals surface area (Å²) in [6, 6.07) is 7.75. The standard InChI is InChI=1S/C12H9F5O2S/c13-20(14,15,16,17)12-4-2-1-3-11(12)19-10-7-5-9(18)6-8-10/h1-8,18H. The van der Waals surface area contributed by atoms with Gasteiger partial charge in [0.25, 0.3) is 0 Å². The van der Waals surface area contributed by atoms with Gasteiger partial charge < -0.3 is 9.84 Å². The molecule has 0 amide bonds. The van der Waals surface area contributed by atoms with Crippen molar-refractivity contribution < 1.29 is 29.3 Å². The maximum atomic E-state index is 12.9. The van der Waals surface area contributed by atoms with E-state index >= 15 is 0 Å². The summed E-state index contributed by atoms with van der Waals surface area (Å²) in [6.45, 7) is 0. The zero-order valence-electron chi connectivity index (χ0n) is 9.77. The Bertz CT molecular complexity index is 637. The Balaban J connectivity index is 2.47. The molecule has 0 radical (unpaired) electrons. The molecule has 20 heavy (non-hydrogen) atoms. The minimum absolute atomic E-state index is 0.0999. The molecule has 0 bridgehead atoms. The molecule has 0 spiro atoms. The maximum absolute atomic E-state index is 12.9. The van der Waals surface area contributed by atoms with Crippen LogP contribution in [0.2, 0.25) is 0 Å². The van der Waals surface area contributed by atoms with E-state index in [-0.39, 0.29) is 17.6 Å². The summed E-state index contributed by atoms with van der Waals surface area (Å²) in [4.78, 5) is -2.08. The first-order valence-corrected chi connectivity index (χ1v) is 7.21. The summed E-state index contributed by atoms with van der Waals surface area (Å²) < 4.78 is 69.1. The molecule has 2 aromatic rings. The van der Waals surface area contributed by atoms with Crippen LogP contribution in [0.3, 0.4) is 0 Å². The van der Waals surface area contributed by atoms with E-state index in [2.05, 4.69) is 0 Å². The van der Waals surface area contributed by atoms with E-state index in [4.69, 9.17) is 9.84 Å². The number of phenols is 1. The zero-order chi connectivity index (χ0) is 15.1. The largest absolute Gasteiger partial charge is 0.508 e. The Morgan fingerprint density at radius 1 is 0.800 bits per heavy atom. The van der Waals surface area contributed by atoms with Crippen molar-refractivity contribution in [2.45, 2.75) is 4.90 Å². The lowest BCUT2D eigenvalue weighted by atomic mass is 10.3. The molecule has 0 heterocycles. The number of phenolic OH excluding ortho intramolecular Hbond substituents is 1. The Morgan fingerprint density at radius 3 is 1.90 bits per heavy atom. The van der Waals surface area contributed by atoms with Crippen LogP contribution in [0.15, 0.2) is 53.4 Å². The highest BCUT2D eigenvalue weighted by atomic mass is 32.5. The second kappa shape index (κ2) is 3.78. The van der Waals surface area contributed by atoms with Gasteiger partial charge in [-0.15, -0.1) is 0 Å². The van der Waals surface area contributed by atoms with Crippen molar-refractivity contribution in [3.8, 4) is 17.2 Å². The first-order chi connectivity index (χ1) is 8.95. The molecule has 2 aromatic carbocycles. The van der Waals surface area contributed by atoms with Gasteiger partial charge in [0.15, 0.2) is 0 Å². The van der Waals surface area contributed by atoms with Gasteiger partial charge in [-0.1, -0.05) is 31.6 Å². The third-order valence-corrected chi connectivity index (χ3v) is 3.50. The van der Waals surface area contributed by atoms with Crippen LogP contribution in [0.4, 0.5) is 19.4 Å². The van der Waals surface area contributed by atoms with E-state index in [0.717, 1.165) is 42.5 Å². The summed E-state index contributed by atoms with van der Waals surface area (Å²) >= 11 is 0. The van der Waals surface area contributed by atoms with Crippen molar-refractivity contribution in [2.24, 2.45) is 0 Å². The second-order valence-corrected chi connectivity index (χ2v) is 6.39. The number of halogens is 5. The fraction of sp³-hybridized carbons (Fsp3) is 0. The molecule has 0 fully saturated rings. The second-order valence-electron chi connectivity index (χ2n) is 4.01. The first-order valence-electron chi connectivity index (χ1n) is 5.26. The highest BCUT2D eigenvalue weighted by Crippen LogP contribution is 3.03. The van der Waals surface area contributed by atoms with Gasteiger partial charge in [0.2, 0.25) is 0 Å². The Hall–Kier alpha value is -1.96. The van der Waals surface area contributed by atoms with Crippen LogP contribution in [0.5, 0.6) is 17.2 Å². The van der Waals surface area contributed by atoms with Crippen molar-refractivity contribution in [3.05, 3.63) is 48.5 Å². The number of aromatic hydroxyl groups is 1. The minimum Gasteiger partial charge on any atom is -0.508 e. The highest BCUT2D eigenvalue weighted by Gasteiger charge is 2.67. The predicted octanol–water partition coefficient (Wildman–Crippen LogP) is 5.84. The van der Waals surface area contributed by atoms with Crippen molar-refractivity contribution in [1.29, 1.82) is 0 Å². The fourth-order valence-electron chi connectivity index (χ4n) is 1.49.